The summed E-state index contributed by atoms with van der Waals surface area (Å²) in [6.07, 6.45) is 5.26. The minimum absolute atomic E-state index is 0.00830. The number of fused-ring (bicyclic) bond motifs is 3. The molecule has 2 aromatic heterocycles. The molecule has 5 rings (SSSR count). The second-order valence-electron chi connectivity index (χ2n) is 10.9. The molecule has 2 fully saturated rings. The van der Waals surface area contributed by atoms with E-state index in [-0.39, 0.29) is 37.2 Å². The lowest BCUT2D eigenvalue weighted by atomic mass is 10.0. The van der Waals surface area contributed by atoms with Crippen molar-refractivity contribution in [1.29, 1.82) is 0 Å². The Bertz CT molecular complexity index is 1330. The lowest BCUT2D eigenvalue weighted by molar-refractivity contribution is -0.157. The van der Waals surface area contributed by atoms with Crippen molar-refractivity contribution in [2.75, 3.05) is 38.1 Å². The second kappa shape index (κ2) is 10.8. The molecular formula is C28H36ClN5O4. The molecule has 0 bridgehead atoms. The summed E-state index contributed by atoms with van der Waals surface area (Å²) in [6, 6.07) is 4.89. The molecule has 10 heteroatoms. The van der Waals surface area contributed by atoms with Crippen LogP contribution in [0.25, 0.3) is 21.8 Å². The van der Waals surface area contributed by atoms with Gasteiger partial charge in [-0.05, 0) is 44.9 Å². The molecule has 3 aromatic rings. The lowest BCUT2D eigenvalue weighted by Crippen LogP contribution is -2.61. The third kappa shape index (κ3) is 5.52. The van der Waals surface area contributed by atoms with Crippen molar-refractivity contribution >= 4 is 50.9 Å². The van der Waals surface area contributed by atoms with Crippen LogP contribution in [0.4, 0.5) is 5.69 Å². The standard InChI is InChI=1S/C28H36ClN5O4/c1-5-18-12-33(13-19(6-2)38-18)25(35)14-34-16-28(3,4)37-15-24(34)27(36)32-22-10-17(29)9-21-20-7-8-30-11-23(20)31-26(21)22/h7-11,18-19,24,31H,5-6,12-16H2,1-4H3,(H,32,36)/t18-,19+,24-/m0/s1. The SMILES string of the molecule is CC[C@@H]1CN(C(=O)CN2CC(C)(C)OC[C@H]2C(=O)Nc2cc(Cl)cc3c2[nH]c2cnccc23)C[C@H](CC)O1. The molecule has 38 heavy (non-hydrogen) atoms. The van der Waals surface area contributed by atoms with Crippen LogP contribution in [0.3, 0.4) is 0 Å². The quantitative estimate of drug-likeness (QED) is 0.485. The predicted molar refractivity (Wildman–Crippen MR) is 148 cm³/mol. The smallest absolute Gasteiger partial charge is 0.244 e. The van der Waals surface area contributed by atoms with E-state index in [9.17, 15) is 9.59 Å². The molecule has 204 valence electrons. The van der Waals surface area contributed by atoms with E-state index in [1.54, 1.807) is 18.5 Å². The van der Waals surface area contributed by atoms with Crippen molar-refractivity contribution in [3.63, 3.8) is 0 Å². The van der Waals surface area contributed by atoms with Gasteiger partial charge < -0.3 is 24.7 Å². The van der Waals surface area contributed by atoms with Crippen LogP contribution in [-0.2, 0) is 19.1 Å². The maximum Gasteiger partial charge on any atom is 0.244 e. The number of carbonyl (C=O) groups is 2. The fraction of sp³-hybridized carbons (Fsp3) is 0.536. The zero-order valence-electron chi connectivity index (χ0n) is 22.4. The third-order valence-corrected chi connectivity index (χ3v) is 7.74. The molecule has 0 unspecified atom stereocenters. The fourth-order valence-corrected chi connectivity index (χ4v) is 5.67. The Hall–Kier alpha value is -2.72. The first kappa shape index (κ1) is 26.9. The van der Waals surface area contributed by atoms with Gasteiger partial charge in [-0.3, -0.25) is 19.5 Å². The Balaban J connectivity index is 1.37. The number of halogens is 1. The average Bonchev–Trinajstić information content (AvgIpc) is 3.26. The summed E-state index contributed by atoms with van der Waals surface area (Å²) in [6.45, 7) is 10.0. The van der Waals surface area contributed by atoms with Gasteiger partial charge in [0.15, 0.2) is 0 Å². The van der Waals surface area contributed by atoms with Gasteiger partial charge in [-0.25, -0.2) is 0 Å². The van der Waals surface area contributed by atoms with Crippen molar-refractivity contribution < 1.29 is 19.1 Å². The van der Waals surface area contributed by atoms with Crippen LogP contribution in [0.15, 0.2) is 30.6 Å². The summed E-state index contributed by atoms with van der Waals surface area (Å²) in [5, 5.41) is 5.45. The van der Waals surface area contributed by atoms with Gasteiger partial charge in [0.05, 0.1) is 53.9 Å². The number of carbonyl (C=O) groups excluding carboxylic acids is 2. The van der Waals surface area contributed by atoms with E-state index < -0.39 is 11.6 Å². The summed E-state index contributed by atoms with van der Waals surface area (Å²) in [4.78, 5) is 38.5. The van der Waals surface area contributed by atoms with Gasteiger partial charge in [0.2, 0.25) is 11.8 Å². The largest absolute Gasteiger partial charge is 0.372 e. The van der Waals surface area contributed by atoms with Crippen molar-refractivity contribution in [2.24, 2.45) is 0 Å². The highest BCUT2D eigenvalue weighted by Crippen LogP contribution is 2.33. The van der Waals surface area contributed by atoms with E-state index in [0.717, 1.165) is 34.6 Å². The normalized spacial score (nSPS) is 24.1. The highest BCUT2D eigenvalue weighted by atomic mass is 35.5. The minimum atomic E-state index is -0.628. The monoisotopic (exact) mass is 541 g/mol. The number of aromatic amines is 1. The van der Waals surface area contributed by atoms with Gasteiger partial charge in [-0.1, -0.05) is 25.4 Å². The molecule has 2 aliphatic heterocycles. The van der Waals surface area contributed by atoms with Crippen LogP contribution in [0.1, 0.15) is 40.5 Å². The van der Waals surface area contributed by atoms with Crippen LogP contribution in [0.2, 0.25) is 5.02 Å². The number of benzene rings is 1. The van der Waals surface area contributed by atoms with Crippen LogP contribution in [0.5, 0.6) is 0 Å². The number of hydrogen-bond acceptors (Lipinski definition) is 6. The van der Waals surface area contributed by atoms with Gasteiger partial charge in [-0.15, -0.1) is 0 Å². The third-order valence-electron chi connectivity index (χ3n) is 7.53. The molecule has 2 N–H and O–H groups in total. The van der Waals surface area contributed by atoms with Crippen molar-refractivity contribution in [2.45, 2.75) is 64.4 Å². The van der Waals surface area contributed by atoms with E-state index in [4.69, 9.17) is 21.1 Å². The number of aromatic nitrogens is 2. The summed E-state index contributed by atoms with van der Waals surface area (Å²) in [7, 11) is 0. The molecule has 0 aliphatic carbocycles. The number of anilines is 1. The maximum atomic E-state index is 13.7. The molecule has 3 atom stereocenters. The van der Waals surface area contributed by atoms with E-state index in [1.807, 2.05) is 35.8 Å². The first-order valence-corrected chi connectivity index (χ1v) is 13.7. The molecule has 0 spiro atoms. The number of pyridine rings is 1. The van der Waals surface area contributed by atoms with E-state index in [0.29, 0.717) is 30.3 Å². The van der Waals surface area contributed by atoms with Crippen LogP contribution in [-0.4, -0.2) is 88.2 Å². The van der Waals surface area contributed by atoms with E-state index >= 15 is 0 Å². The van der Waals surface area contributed by atoms with Gasteiger partial charge >= 0.3 is 0 Å². The van der Waals surface area contributed by atoms with Crippen molar-refractivity contribution in [1.82, 2.24) is 19.8 Å². The highest BCUT2D eigenvalue weighted by Gasteiger charge is 2.40. The molecule has 2 amide bonds. The minimum Gasteiger partial charge on any atom is -0.372 e. The van der Waals surface area contributed by atoms with E-state index in [1.165, 1.54) is 0 Å². The van der Waals surface area contributed by atoms with Crippen molar-refractivity contribution in [3.05, 3.63) is 35.6 Å². The zero-order valence-corrected chi connectivity index (χ0v) is 23.2. The van der Waals surface area contributed by atoms with E-state index in [2.05, 4.69) is 29.1 Å². The number of amides is 2. The molecule has 9 nitrogen and oxygen atoms in total. The highest BCUT2D eigenvalue weighted by molar-refractivity contribution is 6.33. The molecular weight excluding hydrogens is 506 g/mol. The number of rotatable bonds is 6. The molecule has 2 aliphatic rings. The predicted octanol–water partition coefficient (Wildman–Crippen LogP) is 4.20. The van der Waals surface area contributed by atoms with Crippen LogP contribution >= 0.6 is 11.6 Å². The van der Waals surface area contributed by atoms with Gasteiger partial charge in [0, 0.05) is 41.6 Å². The Morgan fingerprint density at radius 3 is 2.63 bits per heavy atom. The molecule has 1 aromatic carbocycles. The maximum absolute atomic E-state index is 13.7. The number of nitrogens with one attached hydrogen (secondary N) is 2. The zero-order chi connectivity index (χ0) is 27.0. The molecule has 0 saturated carbocycles. The summed E-state index contributed by atoms with van der Waals surface area (Å²) in [5.74, 6) is -0.234. The Morgan fingerprint density at radius 2 is 1.92 bits per heavy atom. The summed E-state index contributed by atoms with van der Waals surface area (Å²) >= 11 is 6.44. The number of hydrogen-bond donors (Lipinski definition) is 2. The number of H-pyrrole nitrogens is 1. The van der Waals surface area contributed by atoms with Gasteiger partial charge in [-0.2, -0.15) is 0 Å². The topological polar surface area (TPSA) is 99.8 Å². The Morgan fingerprint density at radius 1 is 1.18 bits per heavy atom. The van der Waals surface area contributed by atoms with Gasteiger partial charge in [0.25, 0.3) is 0 Å². The number of ether oxygens (including phenoxy) is 2. The first-order valence-electron chi connectivity index (χ1n) is 13.3. The summed E-state index contributed by atoms with van der Waals surface area (Å²) in [5.41, 5.74) is 1.73. The summed E-state index contributed by atoms with van der Waals surface area (Å²) < 4.78 is 12.1. The molecule has 4 heterocycles. The molecule has 0 radical (unpaired) electrons. The Labute approximate surface area is 227 Å². The van der Waals surface area contributed by atoms with Crippen molar-refractivity contribution in [3.8, 4) is 0 Å². The van der Waals surface area contributed by atoms with Gasteiger partial charge in [0.1, 0.15) is 6.04 Å². The second-order valence-corrected chi connectivity index (χ2v) is 11.3. The number of morpholine rings is 2. The Kier molecular flexibility index (Phi) is 7.64. The lowest BCUT2D eigenvalue weighted by Gasteiger charge is -2.44. The first-order chi connectivity index (χ1) is 18.2. The molecule has 2 saturated heterocycles. The average molecular weight is 542 g/mol. The van der Waals surface area contributed by atoms with Crippen LogP contribution < -0.4 is 5.32 Å². The van der Waals surface area contributed by atoms with Crippen LogP contribution in [0, 0.1) is 0 Å². The number of nitrogens with zero attached hydrogens (tertiary/aromatic N) is 3. The fourth-order valence-electron chi connectivity index (χ4n) is 5.45.